The van der Waals surface area contributed by atoms with Crippen molar-refractivity contribution >= 4 is 28.6 Å². The van der Waals surface area contributed by atoms with Crippen LogP contribution in [-0.4, -0.2) is 18.2 Å². The van der Waals surface area contributed by atoms with Gasteiger partial charge in [0.1, 0.15) is 18.2 Å². The third kappa shape index (κ3) is 2.67. The molecule has 0 spiro atoms. The fourth-order valence-electron chi connectivity index (χ4n) is 2.01. The molecule has 4 nitrogen and oxygen atoms in total. The van der Waals surface area contributed by atoms with Gasteiger partial charge >= 0.3 is 0 Å². The number of nitrogens with two attached hydrogens (primary N) is 1. The summed E-state index contributed by atoms with van der Waals surface area (Å²) in [6, 6.07) is 13.4. The molecule has 0 aliphatic carbocycles. The summed E-state index contributed by atoms with van der Waals surface area (Å²) in [5.41, 5.74) is 8.33. The van der Waals surface area contributed by atoms with Gasteiger partial charge in [0, 0.05) is 23.0 Å². The Morgan fingerprint density at radius 1 is 0.950 bits per heavy atom. The van der Waals surface area contributed by atoms with Gasteiger partial charge < -0.3 is 20.5 Å². The van der Waals surface area contributed by atoms with Gasteiger partial charge in [-0.15, -0.1) is 0 Å². The highest BCUT2D eigenvalue weighted by Crippen LogP contribution is 2.33. The van der Waals surface area contributed by atoms with E-state index in [0.717, 1.165) is 28.4 Å². The van der Waals surface area contributed by atoms with Gasteiger partial charge in [-0.2, -0.15) is 0 Å². The van der Waals surface area contributed by atoms with Crippen molar-refractivity contribution in [2.24, 2.45) is 5.73 Å². The molecule has 0 aromatic heterocycles. The molecule has 2 aromatic carbocycles. The lowest BCUT2D eigenvalue weighted by molar-refractivity contribution is 0.171. The molecule has 0 unspecified atom stereocenters. The normalized spacial score (nSPS) is 12.8. The largest absolute Gasteiger partial charge is 0.486 e. The maximum Gasteiger partial charge on any atom is 0.163 e. The number of thiocarbonyl (C=S) groups is 1. The smallest absolute Gasteiger partial charge is 0.163 e. The first-order valence-electron chi connectivity index (χ1n) is 6.29. The molecule has 0 fully saturated rings. The van der Waals surface area contributed by atoms with Crippen molar-refractivity contribution in [3.8, 4) is 11.5 Å². The Kier molecular flexibility index (Phi) is 3.43. The average Bonchev–Trinajstić information content (AvgIpc) is 2.48. The molecule has 0 atom stereocenters. The number of hydrogen-bond donors (Lipinski definition) is 2. The average molecular weight is 286 g/mol. The molecule has 3 N–H and O–H groups in total. The first kappa shape index (κ1) is 12.7. The summed E-state index contributed by atoms with van der Waals surface area (Å²) in [5.74, 6) is 1.55. The van der Waals surface area contributed by atoms with E-state index in [1.165, 1.54) is 0 Å². The van der Waals surface area contributed by atoms with Gasteiger partial charge in [-0.05, 0) is 36.4 Å². The van der Waals surface area contributed by atoms with E-state index >= 15 is 0 Å². The van der Waals surface area contributed by atoms with Crippen LogP contribution in [0.25, 0.3) is 0 Å². The van der Waals surface area contributed by atoms with Crippen LogP contribution in [0.3, 0.4) is 0 Å². The Bertz CT molecular complexity index is 641. The molecule has 0 radical (unpaired) electrons. The van der Waals surface area contributed by atoms with Crippen molar-refractivity contribution in [1.29, 1.82) is 0 Å². The maximum atomic E-state index is 5.57. The van der Waals surface area contributed by atoms with E-state index in [0.29, 0.717) is 18.2 Å². The zero-order chi connectivity index (χ0) is 13.9. The second-order valence-electron chi connectivity index (χ2n) is 4.43. The predicted octanol–water partition coefficient (Wildman–Crippen LogP) is 2.84. The molecule has 0 bridgehead atoms. The van der Waals surface area contributed by atoms with Crippen molar-refractivity contribution < 1.29 is 9.47 Å². The van der Waals surface area contributed by atoms with Crippen LogP contribution >= 0.6 is 12.2 Å². The molecule has 5 heteroatoms. The minimum absolute atomic E-state index is 0.399. The van der Waals surface area contributed by atoms with Crippen molar-refractivity contribution in [2.75, 3.05) is 18.5 Å². The van der Waals surface area contributed by atoms with E-state index in [1.54, 1.807) is 0 Å². The molecule has 0 amide bonds. The number of anilines is 2. The lowest BCUT2D eigenvalue weighted by Crippen LogP contribution is -2.15. The second-order valence-corrected chi connectivity index (χ2v) is 4.86. The van der Waals surface area contributed by atoms with E-state index in [1.807, 2.05) is 42.5 Å². The molecule has 1 heterocycles. The molecule has 1 aliphatic rings. The summed E-state index contributed by atoms with van der Waals surface area (Å²) < 4.78 is 11.0. The Hall–Kier alpha value is -2.27. The summed E-state index contributed by atoms with van der Waals surface area (Å²) in [5, 5.41) is 3.30. The van der Waals surface area contributed by atoms with Gasteiger partial charge in [-0.25, -0.2) is 0 Å². The van der Waals surface area contributed by atoms with Crippen LogP contribution in [0.2, 0.25) is 0 Å². The van der Waals surface area contributed by atoms with E-state index < -0.39 is 0 Å². The highest BCUT2D eigenvalue weighted by molar-refractivity contribution is 7.80. The van der Waals surface area contributed by atoms with Crippen molar-refractivity contribution in [3.63, 3.8) is 0 Å². The van der Waals surface area contributed by atoms with E-state index in [2.05, 4.69) is 5.32 Å². The first-order chi connectivity index (χ1) is 9.72. The zero-order valence-electron chi connectivity index (χ0n) is 10.8. The molecule has 0 saturated heterocycles. The highest BCUT2D eigenvalue weighted by atomic mass is 32.1. The van der Waals surface area contributed by atoms with Gasteiger partial charge in [0.05, 0.1) is 0 Å². The van der Waals surface area contributed by atoms with Crippen molar-refractivity contribution in [2.45, 2.75) is 0 Å². The monoisotopic (exact) mass is 286 g/mol. The van der Waals surface area contributed by atoms with Crippen molar-refractivity contribution in [1.82, 2.24) is 0 Å². The fourth-order valence-corrected chi connectivity index (χ4v) is 2.14. The van der Waals surface area contributed by atoms with Crippen LogP contribution in [0.15, 0.2) is 42.5 Å². The Morgan fingerprint density at radius 3 is 2.30 bits per heavy atom. The van der Waals surface area contributed by atoms with Gasteiger partial charge in [-0.3, -0.25) is 0 Å². The van der Waals surface area contributed by atoms with Crippen LogP contribution in [0, 0.1) is 0 Å². The molecule has 102 valence electrons. The molecular weight excluding hydrogens is 272 g/mol. The molecule has 0 saturated carbocycles. The number of rotatable bonds is 3. The van der Waals surface area contributed by atoms with Crippen LogP contribution < -0.4 is 20.5 Å². The van der Waals surface area contributed by atoms with Gasteiger partial charge in [0.2, 0.25) is 0 Å². The van der Waals surface area contributed by atoms with E-state index in [4.69, 9.17) is 27.4 Å². The van der Waals surface area contributed by atoms with Crippen LogP contribution in [0.4, 0.5) is 11.4 Å². The van der Waals surface area contributed by atoms with Crippen LogP contribution in [-0.2, 0) is 0 Å². The summed E-state index contributed by atoms with van der Waals surface area (Å²) in [6.45, 7) is 1.18. The quantitative estimate of drug-likeness (QED) is 0.850. The van der Waals surface area contributed by atoms with Gasteiger partial charge in [0.25, 0.3) is 0 Å². The number of ether oxygens (including phenoxy) is 2. The summed E-state index contributed by atoms with van der Waals surface area (Å²) >= 11 is 4.93. The molecule has 2 aromatic rings. The standard InChI is InChI=1S/C15H14N2O2S/c16-15(20)10-1-3-11(4-2-10)17-12-5-6-13-14(9-12)19-8-7-18-13/h1-6,9,17H,7-8H2,(H2,16,20). The maximum absolute atomic E-state index is 5.57. The van der Waals surface area contributed by atoms with E-state index in [9.17, 15) is 0 Å². The third-order valence-corrected chi connectivity index (χ3v) is 3.24. The minimum atomic E-state index is 0.399. The molecule has 3 rings (SSSR count). The lowest BCUT2D eigenvalue weighted by Gasteiger charge is -2.19. The van der Waals surface area contributed by atoms with Crippen molar-refractivity contribution in [3.05, 3.63) is 48.0 Å². The number of nitrogens with one attached hydrogen (secondary N) is 1. The second kappa shape index (κ2) is 5.38. The van der Waals surface area contributed by atoms with Crippen LogP contribution in [0.5, 0.6) is 11.5 Å². The number of fused-ring (bicyclic) bond motifs is 1. The van der Waals surface area contributed by atoms with Gasteiger partial charge in [0.15, 0.2) is 11.5 Å². The Morgan fingerprint density at radius 2 is 1.60 bits per heavy atom. The predicted molar refractivity (Wildman–Crippen MR) is 83.0 cm³/mol. The summed E-state index contributed by atoms with van der Waals surface area (Å²) in [4.78, 5) is 0.399. The first-order valence-corrected chi connectivity index (χ1v) is 6.70. The molecular formula is C15H14N2O2S. The Labute approximate surface area is 122 Å². The Balaban J connectivity index is 1.78. The molecule has 1 aliphatic heterocycles. The third-order valence-electron chi connectivity index (χ3n) is 3.00. The topological polar surface area (TPSA) is 56.5 Å². The van der Waals surface area contributed by atoms with E-state index in [-0.39, 0.29) is 0 Å². The highest BCUT2D eigenvalue weighted by Gasteiger charge is 2.11. The fraction of sp³-hybridized carbons (Fsp3) is 0.133. The number of benzene rings is 2. The van der Waals surface area contributed by atoms with Gasteiger partial charge in [-0.1, -0.05) is 12.2 Å². The number of hydrogen-bond acceptors (Lipinski definition) is 4. The summed E-state index contributed by atoms with van der Waals surface area (Å²) in [6.07, 6.45) is 0. The molecule has 20 heavy (non-hydrogen) atoms. The SMILES string of the molecule is NC(=S)c1ccc(Nc2ccc3c(c2)OCCO3)cc1. The zero-order valence-corrected chi connectivity index (χ0v) is 11.6. The minimum Gasteiger partial charge on any atom is -0.486 e. The lowest BCUT2D eigenvalue weighted by atomic mass is 10.2. The van der Waals surface area contributed by atoms with Crippen LogP contribution in [0.1, 0.15) is 5.56 Å². The summed E-state index contributed by atoms with van der Waals surface area (Å²) in [7, 11) is 0.